The SMILES string of the molecule is O=C1CO[C@H]2CCN(C(=O)N3CCC(Oc4ccc(Cl)c(-n5cncn5)c4)CC3)C[C@H]2N1. The van der Waals surface area contributed by atoms with Crippen LogP contribution in [0.3, 0.4) is 0 Å². The van der Waals surface area contributed by atoms with Crippen molar-refractivity contribution in [2.24, 2.45) is 0 Å². The van der Waals surface area contributed by atoms with E-state index in [1.807, 2.05) is 21.9 Å². The third-order valence-corrected chi connectivity index (χ3v) is 6.51. The van der Waals surface area contributed by atoms with E-state index in [9.17, 15) is 9.59 Å². The van der Waals surface area contributed by atoms with Crippen molar-refractivity contribution in [3.8, 4) is 11.4 Å². The molecule has 3 amide bonds. The van der Waals surface area contributed by atoms with Gasteiger partial charge < -0.3 is 24.6 Å². The maximum absolute atomic E-state index is 13.0. The topological polar surface area (TPSA) is 102 Å². The molecule has 1 aromatic carbocycles. The summed E-state index contributed by atoms with van der Waals surface area (Å²) in [5, 5.41) is 7.63. The van der Waals surface area contributed by atoms with Crippen LogP contribution in [0.5, 0.6) is 5.75 Å². The predicted octanol–water partition coefficient (Wildman–Crippen LogP) is 1.47. The average molecular weight is 461 g/mol. The number of urea groups is 1. The van der Waals surface area contributed by atoms with Gasteiger partial charge in [-0.2, -0.15) is 5.10 Å². The Morgan fingerprint density at radius 3 is 2.78 bits per heavy atom. The summed E-state index contributed by atoms with van der Waals surface area (Å²) in [7, 11) is 0. The second-order valence-electron chi connectivity index (χ2n) is 8.30. The zero-order valence-electron chi connectivity index (χ0n) is 17.5. The number of carbonyl (C=O) groups is 2. The Morgan fingerprint density at radius 1 is 1.19 bits per heavy atom. The van der Waals surface area contributed by atoms with Crippen LogP contribution in [-0.4, -0.2) is 87.5 Å². The Kier molecular flexibility index (Phi) is 5.88. The fourth-order valence-corrected chi connectivity index (χ4v) is 4.71. The fraction of sp³-hybridized carbons (Fsp3) is 0.524. The van der Waals surface area contributed by atoms with E-state index in [0.717, 1.165) is 19.3 Å². The van der Waals surface area contributed by atoms with E-state index in [1.165, 1.54) is 6.33 Å². The van der Waals surface area contributed by atoms with Gasteiger partial charge in [-0.05, 0) is 18.6 Å². The van der Waals surface area contributed by atoms with Gasteiger partial charge in [-0.3, -0.25) is 4.79 Å². The van der Waals surface area contributed by atoms with Crippen LogP contribution in [0.25, 0.3) is 5.69 Å². The molecule has 0 bridgehead atoms. The summed E-state index contributed by atoms with van der Waals surface area (Å²) in [6.07, 6.45) is 5.27. The number of piperidine rings is 2. The number of rotatable bonds is 3. The number of aromatic nitrogens is 3. The zero-order chi connectivity index (χ0) is 22.1. The molecule has 3 saturated heterocycles. The van der Waals surface area contributed by atoms with E-state index in [4.69, 9.17) is 21.1 Å². The molecular weight excluding hydrogens is 436 g/mol. The number of benzene rings is 1. The summed E-state index contributed by atoms with van der Waals surface area (Å²) in [4.78, 5) is 32.3. The van der Waals surface area contributed by atoms with Crippen LogP contribution in [-0.2, 0) is 9.53 Å². The summed E-state index contributed by atoms with van der Waals surface area (Å²) in [5.74, 6) is 0.590. The lowest BCUT2D eigenvalue weighted by molar-refractivity contribution is -0.139. The van der Waals surface area contributed by atoms with Crippen LogP contribution in [0.2, 0.25) is 5.02 Å². The Labute approximate surface area is 190 Å². The van der Waals surface area contributed by atoms with Gasteiger partial charge in [0.05, 0.1) is 22.9 Å². The highest BCUT2D eigenvalue weighted by Gasteiger charge is 2.38. The summed E-state index contributed by atoms with van der Waals surface area (Å²) < 4.78 is 13.3. The molecule has 0 spiro atoms. The van der Waals surface area contributed by atoms with Gasteiger partial charge in [-0.15, -0.1) is 0 Å². The van der Waals surface area contributed by atoms with Crippen LogP contribution >= 0.6 is 11.6 Å². The second kappa shape index (κ2) is 8.95. The first kappa shape index (κ1) is 21.0. The van der Waals surface area contributed by atoms with Gasteiger partial charge >= 0.3 is 6.03 Å². The van der Waals surface area contributed by atoms with Gasteiger partial charge in [0.25, 0.3) is 0 Å². The van der Waals surface area contributed by atoms with Crippen molar-refractivity contribution in [1.29, 1.82) is 0 Å². The molecule has 3 aliphatic rings. The first-order valence-corrected chi connectivity index (χ1v) is 11.2. The number of morpholine rings is 1. The third-order valence-electron chi connectivity index (χ3n) is 6.19. The van der Waals surface area contributed by atoms with E-state index < -0.39 is 0 Å². The molecule has 2 atom stereocenters. The molecule has 0 aliphatic carbocycles. The van der Waals surface area contributed by atoms with Gasteiger partial charge in [-0.1, -0.05) is 11.6 Å². The molecule has 3 aliphatic heterocycles. The van der Waals surface area contributed by atoms with Crippen LogP contribution < -0.4 is 10.1 Å². The number of amides is 3. The summed E-state index contributed by atoms with van der Waals surface area (Å²) in [5.41, 5.74) is 0.705. The number of halogens is 1. The van der Waals surface area contributed by atoms with Crippen LogP contribution in [0.4, 0.5) is 4.79 Å². The van der Waals surface area contributed by atoms with E-state index in [0.29, 0.717) is 42.6 Å². The first-order valence-electron chi connectivity index (χ1n) is 10.8. The molecule has 0 saturated carbocycles. The van der Waals surface area contributed by atoms with E-state index >= 15 is 0 Å². The summed E-state index contributed by atoms with van der Waals surface area (Å²) in [6, 6.07) is 5.36. The van der Waals surface area contributed by atoms with Gasteiger partial charge in [0, 0.05) is 45.1 Å². The number of fused-ring (bicyclic) bond motifs is 1. The quantitative estimate of drug-likeness (QED) is 0.744. The highest BCUT2D eigenvalue weighted by molar-refractivity contribution is 6.32. The highest BCUT2D eigenvalue weighted by Crippen LogP contribution is 2.27. The number of carbonyl (C=O) groups excluding carboxylic acids is 2. The average Bonchev–Trinajstić information content (AvgIpc) is 3.34. The maximum Gasteiger partial charge on any atom is 0.320 e. The van der Waals surface area contributed by atoms with Crippen molar-refractivity contribution in [2.45, 2.75) is 37.5 Å². The molecule has 32 heavy (non-hydrogen) atoms. The van der Waals surface area contributed by atoms with E-state index in [1.54, 1.807) is 17.1 Å². The zero-order valence-corrected chi connectivity index (χ0v) is 18.3. The molecule has 2 aromatic rings. The Bertz CT molecular complexity index is 979. The molecule has 4 heterocycles. The molecule has 170 valence electrons. The van der Waals surface area contributed by atoms with Crippen molar-refractivity contribution in [2.75, 3.05) is 32.8 Å². The van der Waals surface area contributed by atoms with Gasteiger partial charge in [0.15, 0.2) is 0 Å². The molecule has 0 radical (unpaired) electrons. The summed E-state index contributed by atoms with van der Waals surface area (Å²) >= 11 is 6.28. The number of hydrogen-bond donors (Lipinski definition) is 1. The van der Waals surface area contributed by atoms with Crippen molar-refractivity contribution in [3.05, 3.63) is 35.9 Å². The smallest absolute Gasteiger partial charge is 0.320 e. The lowest BCUT2D eigenvalue weighted by Gasteiger charge is -2.43. The molecule has 1 aromatic heterocycles. The molecule has 1 N–H and O–H groups in total. The largest absolute Gasteiger partial charge is 0.490 e. The van der Waals surface area contributed by atoms with Crippen molar-refractivity contribution >= 4 is 23.5 Å². The minimum Gasteiger partial charge on any atom is -0.490 e. The third kappa shape index (κ3) is 4.37. The molecule has 3 fully saturated rings. The Morgan fingerprint density at radius 2 is 2.00 bits per heavy atom. The lowest BCUT2D eigenvalue weighted by Crippen LogP contribution is -2.62. The molecular formula is C21H25ClN6O4. The molecule has 5 rings (SSSR count). The normalized spacial score (nSPS) is 24.1. The summed E-state index contributed by atoms with van der Waals surface area (Å²) in [6.45, 7) is 2.49. The Balaban J connectivity index is 1.15. The molecule has 10 nitrogen and oxygen atoms in total. The minimum atomic E-state index is -0.126. The lowest BCUT2D eigenvalue weighted by atomic mass is 10.0. The van der Waals surface area contributed by atoms with Crippen molar-refractivity contribution < 1.29 is 19.1 Å². The molecule has 0 unspecified atom stereocenters. The number of likely N-dealkylation sites (tertiary alicyclic amines) is 2. The number of nitrogens with zero attached hydrogens (tertiary/aromatic N) is 5. The van der Waals surface area contributed by atoms with Gasteiger partial charge in [0.2, 0.25) is 5.91 Å². The fourth-order valence-electron chi connectivity index (χ4n) is 4.50. The van der Waals surface area contributed by atoms with Crippen molar-refractivity contribution in [1.82, 2.24) is 29.9 Å². The van der Waals surface area contributed by atoms with E-state index in [-0.39, 0.29) is 36.8 Å². The van der Waals surface area contributed by atoms with Gasteiger partial charge in [0.1, 0.15) is 31.1 Å². The van der Waals surface area contributed by atoms with E-state index in [2.05, 4.69) is 15.4 Å². The predicted molar refractivity (Wildman–Crippen MR) is 115 cm³/mol. The molecule has 11 heteroatoms. The standard InChI is InChI=1S/C21H25ClN6O4/c22-16-2-1-15(9-18(16)28-13-23-12-24-28)32-14-3-6-26(7-4-14)21(30)27-8-5-19-17(10-27)25-20(29)11-31-19/h1-2,9,12-14,17,19H,3-8,10-11H2,(H,25,29)/t17-,19+/m1/s1. The maximum atomic E-state index is 13.0. The van der Waals surface area contributed by atoms with Crippen LogP contribution in [0.15, 0.2) is 30.9 Å². The Hall–Kier alpha value is -2.85. The number of hydrogen-bond acceptors (Lipinski definition) is 6. The van der Waals surface area contributed by atoms with Crippen molar-refractivity contribution in [3.63, 3.8) is 0 Å². The minimum absolute atomic E-state index is 0.00215. The van der Waals surface area contributed by atoms with Crippen LogP contribution in [0, 0.1) is 0 Å². The number of nitrogens with one attached hydrogen (secondary N) is 1. The first-order chi connectivity index (χ1) is 15.6. The second-order valence-corrected chi connectivity index (χ2v) is 8.71. The van der Waals surface area contributed by atoms with Crippen LogP contribution in [0.1, 0.15) is 19.3 Å². The monoisotopic (exact) mass is 460 g/mol. The van der Waals surface area contributed by atoms with Gasteiger partial charge in [-0.25, -0.2) is 14.5 Å². The highest BCUT2D eigenvalue weighted by atomic mass is 35.5. The number of ether oxygens (including phenoxy) is 2.